The van der Waals surface area contributed by atoms with Gasteiger partial charge in [0.25, 0.3) is 5.91 Å². The lowest BCUT2D eigenvalue weighted by Crippen LogP contribution is -2.30. The van der Waals surface area contributed by atoms with Crippen molar-refractivity contribution in [2.45, 2.75) is 32.4 Å². The molecule has 0 unspecified atom stereocenters. The van der Waals surface area contributed by atoms with Crippen LogP contribution in [0.1, 0.15) is 30.6 Å². The zero-order valence-electron chi connectivity index (χ0n) is 15.1. The van der Waals surface area contributed by atoms with Gasteiger partial charge in [0.1, 0.15) is 12.0 Å². The molecule has 1 fully saturated rings. The van der Waals surface area contributed by atoms with Crippen LogP contribution in [0.3, 0.4) is 0 Å². The molecule has 0 aliphatic carbocycles. The van der Waals surface area contributed by atoms with E-state index in [4.69, 9.17) is 20.8 Å². The lowest BCUT2D eigenvalue weighted by Gasteiger charge is -2.25. The molecule has 1 saturated heterocycles. The van der Waals surface area contributed by atoms with Crippen LogP contribution in [-0.4, -0.2) is 30.5 Å². The minimum absolute atomic E-state index is 0.0408. The highest BCUT2D eigenvalue weighted by molar-refractivity contribution is 6.30. The minimum atomic E-state index is -0.318. The number of halogens is 1. The highest BCUT2D eigenvalue weighted by Gasteiger charge is 2.13. The van der Waals surface area contributed by atoms with Crippen LogP contribution in [0.25, 0.3) is 0 Å². The molecule has 0 radical (unpaired) electrons. The number of ether oxygens (including phenoxy) is 1. The number of carbonyl (C=O) groups excluding carboxylic acids is 1. The number of nitrogens with one attached hydrogen (secondary N) is 1. The molecule has 6 nitrogen and oxygen atoms in total. The Labute approximate surface area is 163 Å². The number of amides is 1. The SMILES string of the molecule is O=C(COc1coc(CN2CCCCC2)cc1=O)NCc1ccc(Cl)cc1. The van der Waals surface area contributed by atoms with Gasteiger partial charge < -0.3 is 14.5 Å². The predicted octanol–water partition coefficient (Wildman–Crippen LogP) is 2.97. The van der Waals surface area contributed by atoms with E-state index in [1.165, 1.54) is 31.6 Å². The molecule has 7 heteroatoms. The molecule has 0 spiro atoms. The van der Waals surface area contributed by atoms with E-state index in [1.54, 1.807) is 12.1 Å². The molecule has 1 N–H and O–H groups in total. The van der Waals surface area contributed by atoms with Crippen LogP contribution >= 0.6 is 11.6 Å². The molecule has 1 amide bonds. The summed E-state index contributed by atoms with van der Waals surface area (Å²) in [5.41, 5.74) is 0.646. The first-order valence-electron chi connectivity index (χ1n) is 9.08. The predicted molar refractivity (Wildman–Crippen MR) is 103 cm³/mol. The van der Waals surface area contributed by atoms with Gasteiger partial charge in [-0.15, -0.1) is 0 Å². The van der Waals surface area contributed by atoms with Gasteiger partial charge in [-0.05, 0) is 43.6 Å². The van der Waals surface area contributed by atoms with Crippen molar-refractivity contribution < 1.29 is 13.9 Å². The number of benzene rings is 1. The fraction of sp³-hybridized carbons (Fsp3) is 0.400. The van der Waals surface area contributed by atoms with Crippen LogP contribution in [0.5, 0.6) is 5.75 Å². The summed E-state index contributed by atoms with van der Waals surface area (Å²) in [6.45, 7) is 2.79. The summed E-state index contributed by atoms with van der Waals surface area (Å²) in [7, 11) is 0. The Balaban J connectivity index is 1.46. The van der Waals surface area contributed by atoms with E-state index >= 15 is 0 Å². The lowest BCUT2D eigenvalue weighted by atomic mass is 10.1. The summed E-state index contributed by atoms with van der Waals surface area (Å²) < 4.78 is 10.8. The fourth-order valence-corrected chi connectivity index (χ4v) is 3.09. The number of likely N-dealkylation sites (tertiary alicyclic amines) is 1. The maximum Gasteiger partial charge on any atom is 0.258 e. The van der Waals surface area contributed by atoms with E-state index in [9.17, 15) is 9.59 Å². The van der Waals surface area contributed by atoms with Gasteiger partial charge in [0.05, 0.1) is 6.54 Å². The summed E-state index contributed by atoms with van der Waals surface area (Å²) in [5, 5.41) is 3.37. The molecule has 0 bridgehead atoms. The van der Waals surface area contributed by atoms with E-state index in [1.807, 2.05) is 12.1 Å². The fourth-order valence-electron chi connectivity index (χ4n) is 2.96. The molecule has 0 atom stereocenters. The van der Waals surface area contributed by atoms with Gasteiger partial charge in [-0.1, -0.05) is 30.2 Å². The zero-order valence-corrected chi connectivity index (χ0v) is 15.8. The van der Waals surface area contributed by atoms with Crippen LogP contribution in [0.4, 0.5) is 0 Å². The lowest BCUT2D eigenvalue weighted by molar-refractivity contribution is -0.123. The molecule has 27 heavy (non-hydrogen) atoms. The van der Waals surface area contributed by atoms with E-state index in [0.29, 0.717) is 23.9 Å². The van der Waals surface area contributed by atoms with Crippen LogP contribution in [-0.2, 0) is 17.9 Å². The molecule has 1 aromatic heterocycles. The van der Waals surface area contributed by atoms with Gasteiger partial charge >= 0.3 is 0 Å². The van der Waals surface area contributed by atoms with Crippen molar-refractivity contribution in [1.29, 1.82) is 0 Å². The molecule has 144 valence electrons. The molecule has 2 heterocycles. The van der Waals surface area contributed by atoms with Crippen molar-refractivity contribution in [3.05, 3.63) is 63.2 Å². The Kier molecular flexibility index (Phi) is 6.90. The van der Waals surface area contributed by atoms with Crippen LogP contribution in [0, 0.1) is 0 Å². The van der Waals surface area contributed by atoms with Crippen molar-refractivity contribution in [1.82, 2.24) is 10.2 Å². The number of nitrogens with zero attached hydrogens (tertiary/aromatic N) is 1. The maximum atomic E-state index is 12.2. The molecular weight excluding hydrogens is 368 g/mol. The van der Waals surface area contributed by atoms with Gasteiger partial charge in [0.2, 0.25) is 11.2 Å². The highest BCUT2D eigenvalue weighted by atomic mass is 35.5. The summed E-state index contributed by atoms with van der Waals surface area (Å²) in [6.07, 6.45) is 4.90. The standard InChI is InChI=1S/C20H23ClN2O4/c21-16-6-4-15(5-7-16)11-22-20(25)14-27-19-13-26-17(10-18(19)24)12-23-8-2-1-3-9-23/h4-7,10,13H,1-3,8-9,11-12,14H2,(H,22,25). The topological polar surface area (TPSA) is 71.8 Å². The largest absolute Gasteiger partial charge is 0.477 e. The van der Waals surface area contributed by atoms with Crippen molar-refractivity contribution in [3.8, 4) is 5.75 Å². The third kappa shape index (κ3) is 6.12. The Morgan fingerprint density at radius 3 is 2.63 bits per heavy atom. The number of hydrogen-bond acceptors (Lipinski definition) is 5. The highest BCUT2D eigenvalue weighted by Crippen LogP contribution is 2.14. The van der Waals surface area contributed by atoms with Crippen LogP contribution in [0.15, 0.2) is 45.8 Å². The second-order valence-electron chi connectivity index (χ2n) is 6.60. The third-order valence-corrected chi connectivity index (χ3v) is 4.69. The van der Waals surface area contributed by atoms with Gasteiger partial charge in [-0.2, -0.15) is 0 Å². The Hall–Kier alpha value is -2.31. The Bertz CT molecular complexity index is 813. The quantitative estimate of drug-likeness (QED) is 0.786. The molecule has 2 aromatic rings. The summed E-state index contributed by atoms with van der Waals surface area (Å²) in [6, 6.07) is 8.63. The molecule has 3 rings (SSSR count). The van der Waals surface area contributed by atoms with Crippen molar-refractivity contribution in [2.24, 2.45) is 0 Å². The molecular formula is C20H23ClN2O4. The number of rotatable bonds is 7. The van der Waals surface area contributed by atoms with Crippen LogP contribution < -0.4 is 15.5 Å². The van der Waals surface area contributed by atoms with Gasteiger partial charge in [-0.25, -0.2) is 0 Å². The molecule has 1 aliphatic heterocycles. The number of hydrogen-bond donors (Lipinski definition) is 1. The maximum absolute atomic E-state index is 12.2. The average molecular weight is 391 g/mol. The zero-order chi connectivity index (χ0) is 19.1. The first kappa shape index (κ1) is 19.5. The normalized spacial score (nSPS) is 14.7. The molecule has 0 saturated carbocycles. The second kappa shape index (κ2) is 9.58. The van der Waals surface area contributed by atoms with Crippen LogP contribution in [0.2, 0.25) is 5.02 Å². The summed E-state index contributed by atoms with van der Waals surface area (Å²) in [5.74, 6) is 0.335. The minimum Gasteiger partial charge on any atom is -0.477 e. The first-order valence-corrected chi connectivity index (χ1v) is 9.46. The van der Waals surface area contributed by atoms with E-state index in [-0.39, 0.29) is 23.7 Å². The number of carbonyl (C=O) groups is 1. The van der Waals surface area contributed by atoms with E-state index < -0.39 is 0 Å². The first-order chi connectivity index (χ1) is 13.1. The number of piperidine rings is 1. The van der Waals surface area contributed by atoms with Crippen molar-refractivity contribution in [3.63, 3.8) is 0 Å². The average Bonchev–Trinajstić information content (AvgIpc) is 2.68. The van der Waals surface area contributed by atoms with Gasteiger partial charge in [-0.3, -0.25) is 14.5 Å². The Morgan fingerprint density at radius 1 is 1.19 bits per heavy atom. The van der Waals surface area contributed by atoms with Gasteiger partial charge in [0.15, 0.2) is 6.61 Å². The second-order valence-corrected chi connectivity index (χ2v) is 7.04. The van der Waals surface area contributed by atoms with E-state index in [2.05, 4.69) is 10.2 Å². The molecule has 1 aliphatic rings. The van der Waals surface area contributed by atoms with Gasteiger partial charge in [0, 0.05) is 17.6 Å². The van der Waals surface area contributed by atoms with E-state index in [0.717, 1.165) is 18.7 Å². The smallest absolute Gasteiger partial charge is 0.258 e. The monoisotopic (exact) mass is 390 g/mol. The summed E-state index contributed by atoms with van der Waals surface area (Å²) >= 11 is 5.82. The van der Waals surface area contributed by atoms with Crippen molar-refractivity contribution >= 4 is 17.5 Å². The third-order valence-electron chi connectivity index (χ3n) is 4.44. The molecule has 1 aromatic carbocycles. The Morgan fingerprint density at radius 2 is 1.93 bits per heavy atom. The van der Waals surface area contributed by atoms with Crippen molar-refractivity contribution in [2.75, 3.05) is 19.7 Å². The summed E-state index contributed by atoms with van der Waals surface area (Å²) in [4.78, 5) is 26.3.